The molecule has 0 saturated heterocycles. The summed E-state index contributed by atoms with van der Waals surface area (Å²) in [4.78, 5) is 39.0. The highest BCUT2D eigenvalue weighted by atomic mass is 35.5. The highest BCUT2D eigenvalue weighted by molar-refractivity contribution is 6.36. The number of hydrogen-bond donors (Lipinski definition) is 3. The molecular weight excluding hydrogens is 636 g/mol. The van der Waals surface area contributed by atoms with Crippen LogP contribution in [-0.2, 0) is 40.0 Å². The molecule has 2 saturated carbocycles. The molecule has 2 aromatic heterocycles. The quantitative estimate of drug-likeness (QED) is 0.203. The maximum absolute atomic E-state index is 13.7. The van der Waals surface area contributed by atoms with Gasteiger partial charge in [0.1, 0.15) is 0 Å². The van der Waals surface area contributed by atoms with Crippen molar-refractivity contribution in [3.8, 4) is 11.1 Å². The molecule has 0 atom stereocenters. The first-order valence-electron chi connectivity index (χ1n) is 17.7. The van der Waals surface area contributed by atoms with E-state index in [1.165, 1.54) is 38.5 Å². The number of amides is 2. The minimum Gasteiger partial charge on any atom is -0.327 e. The van der Waals surface area contributed by atoms with E-state index in [1.807, 2.05) is 60.5 Å². The van der Waals surface area contributed by atoms with E-state index in [9.17, 15) is 9.59 Å². The van der Waals surface area contributed by atoms with Gasteiger partial charge in [0.15, 0.2) is 11.6 Å². The Morgan fingerprint density at radius 1 is 0.918 bits per heavy atom. The lowest BCUT2D eigenvalue weighted by molar-refractivity contribution is 0.100. The number of imidazole rings is 2. The molecule has 2 bridgehead atoms. The smallest absolute Gasteiger partial charge is 0.291 e. The van der Waals surface area contributed by atoms with Crippen LogP contribution in [0.4, 0.5) is 11.4 Å². The Hall–Kier alpha value is -3.99. The summed E-state index contributed by atoms with van der Waals surface area (Å²) < 4.78 is 3.84. The van der Waals surface area contributed by atoms with Gasteiger partial charge in [-0.1, -0.05) is 35.9 Å². The molecule has 2 aromatic carbocycles. The summed E-state index contributed by atoms with van der Waals surface area (Å²) in [6.07, 6.45) is 10.1. The highest BCUT2D eigenvalue weighted by Crippen LogP contribution is 2.56. The molecule has 3 N–H and O–H groups in total. The third kappa shape index (κ3) is 5.87. The topological polar surface area (TPSA) is 109 Å². The Bertz CT molecular complexity index is 1950. The molecule has 0 spiro atoms. The zero-order valence-electron chi connectivity index (χ0n) is 28.7. The molecule has 0 unspecified atom stereocenters. The van der Waals surface area contributed by atoms with Crippen molar-refractivity contribution in [1.82, 2.24) is 29.3 Å². The molecular formula is C38H45ClN8O2. The molecule has 2 fully saturated rings. The third-order valence-electron chi connectivity index (χ3n) is 11.8. The van der Waals surface area contributed by atoms with Crippen molar-refractivity contribution in [2.75, 3.05) is 30.3 Å². The summed E-state index contributed by atoms with van der Waals surface area (Å²) in [7, 11) is 3.83. The minimum atomic E-state index is -0.310. The summed E-state index contributed by atoms with van der Waals surface area (Å²) >= 11 is 6.95. The molecule has 4 heterocycles. The predicted octanol–water partition coefficient (Wildman–Crippen LogP) is 6.26. The van der Waals surface area contributed by atoms with Crippen LogP contribution in [0.15, 0.2) is 36.4 Å². The normalized spacial score (nSPS) is 21.4. The number of anilines is 2. The Morgan fingerprint density at radius 3 is 2.27 bits per heavy atom. The lowest BCUT2D eigenvalue weighted by Gasteiger charge is -2.32. The van der Waals surface area contributed by atoms with Crippen molar-refractivity contribution >= 4 is 34.8 Å². The van der Waals surface area contributed by atoms with Crippen LogP contribution in [0.1, 0.15) is 88.1 Å². The van der Waals surface area contributed by atoms with E-state index in [-0.39, 0.29) is 11.8 Å². The highest BCUT2D eigenvalue weighted by Gasteiger charge is 2.44. The molecule has 49 heavy (non-hydrogen) atoms. The fourth-order valence-electron chi connectivity index (χ4n) is 8.95. The predicted molar refractivity (Wildman–Crippen MR) is 192 cm³/mol. The average Bonchev–Trinajstić information content (AvgIpc) is 3.88. The molecule has 2 aliphatic heterocycles. The molecule has 4 aliphatic rings. The fraction of sp³-hybridized carbons (Fsp3) is 0.474. The van der Waals surface area contributed by atoms with Crippen molar-refractivity contribution in [1.29, 1.82) is 0 Å². The number of carbonyl (C=O) groups excluding carboxylic acids is 2. The Morgan fingerprint density at radius 2 is 1.57 bits per heavy atom. The van der Waals surface area contributed by atoms with E-state index >= 15 is 0 Å². The average molecular weight is 681 g/mol. The number of nitrogens with one attached hydrogen (secondary N) is 3. The van der Waals surface area contributed by atoms with E-state index in [2.05, 4.69) is 25.8 Å². The van der Waals surface area contributed by atoms with E-state index in [4.69, 9.17) is 16.6 Å². The van der Waals surface area contributed by atoms with Gasteiger partial charge in [0.25, 0.3) is 11.8 Å². The Kier molecular flexibility index (Phi) is 8.36. The summed E-state index contributed by atoms with van der Waals surface area (Å²) in [5.41, 5.74) is 8.42. The molecule has 10 nitrogen and oxygen atoms in total. The molecule has 2 aliphatic carbocycles. The number of hydrogen-bond acceptors (Lipinski definition) is 6. The standard InChI is InChI=1S/C38H45ClN8O2/c1-23-25(26-7-5-9-28(33(26)39)44-37(49)34-41-29-21-40-17-12-31(29)45(34)2)6-4-8-27(23)43-36(48)35-42-30-22-47(18-13-32(30)46(35)3)19-16-38-14-10-24(20-38)11-15-38/h4-9,24,40H,10-22H2,1-3H3,(H,43,48)(H,44,49). The van der Waals surface area contributed by atoms with Crippen molar-refractivity contribution in [2.45, 2.75) is 71.4 Å². The second-order valence-corrected chi connectivity index (χ2v) is 15.1. The van der Waals surface area contributed by atoms with Crippen molar-refractivity contribution < 1.29 is 9.59 Å². The van der Waals surface area contributed by atoms with Gasteiger partial charge in [-0.15, -0.1) is 0 Å². The van der Waals surface area contributed by atoms with Gasteiger partial charge < -0.3 is 25.1 Å². The lowest BCUT2D eigenvalue weighted by Crippen LogP contribution is -2.34. The summed E-state index contributed by atoms with van der Waals surface area (Å²) in [5.74, 6) is 1.22. The largest absolute Gasteiger partial charge is 0.327 e. The number of fused-ring (bicyclic) bond motifs is 4. The van der Waals surface area contributed by atoms with Crippen molar-refractivity contribution in [3.63, 3.8) is 0 Å². The molecule has 8 rings (SSSR count). The number of benzene rings is 2. The van der Waals surface area contributed by atoms with Crippen LogP contribution in [-0.4, -0.2) is 55.5 Å². The fourth-order valence-corrected chi connectivity index (χ4v) is 9.22. The van der Waals surface area contributed by atoms with E-state index in [1.54, 1.807) is 6.07 Å². The summed E-state index contributed by atoms with van der Waals surface area (Å²) in [6, 6.07) is 11.4. The zero-order valence-corrected chi connectivity index (χ0v) is 29.4. The first-order valence-corrected chi connectivity index (χ1v) is 18.1. The SMILES string of the molecule is Cc1c(NC(=O)c2nc3c(n2C)CCN(CCC24CCC(CC2)C4)C3)cccc1-c1cccc(NC(=O)c2nc3c(n2C)CCNC3)c1Cl. The number of nitrogens with zero attached hydrogens (tertiary/aromatic N) is 5. The van der Waals surface area contributed by atoms with Crippen molar-refractivity contribution in [3.05, 3.63) is 81.4 Å². The number of carbonyl (C=O) groups is 2. The third-order valence-corrected chi connectivity index (χ3v) is 12.2. The number of aromatic nitrogens is 4. The Labute approximate surface area is 292 Å². The van der Waals surface area contributed by atoms with Gasteiger partial charge in [0, 0.05) is 75.8 Å². The Balaban J connectivity index is 0.969. The second-order valence-electron chi connectivity index (χ2n) is 14.7. The van der Waals surface area contributed by atoms with Crippen LogP contribution in [0, 0.1) is 18.3 Å². The molecule has 2 amide bonds. The molecule has 256 valence electrons. The van der Waals surface area contributed by atoms with E-state index < -0.39 is 0 Å². The van der Waals surface area contributed by atoms with Crippen LogP contribution in [0.25, 0.3) is 11.1 Å². The van der Waals surface area contributed by atoms with Gasteiger partial charge in [0.2, 0.25) is 0 Å². The van der Waals surface area contributed by atoms with Gasteiger partial charge in [0.05, 0.1) is 22.1 Å². The van der Waals surface area contributed by atoms with E-state index in [0.717, 1.165) is 84.4 Å². The lowest BCUT2D eigenvalue weighted by atomic mass is 9.81. The van der Waals surface area contributed by atoms with Gasteiger partial charge in [-0.2, -0.15) is 0 Å². The van der Waals surface area contributed by atoms with E-state index in [0.29, 0.717) is 40.0 Å². The maximum atomic E-state index is 13.7. The minimum absolute atomic E-state index is 0.231. The van der Waals surface area contributed by atoms with Gasteiger partial charge in [-0.25, -0.2) is 9.97 Å². The molecule has 0 radical (unpaired) electrons. The second kappa shape index (κ2) is 12.7. The van der Waals surface area contributed by atoms with Gasteiger partial charge in [-0.3, -0.25) is 14.5 Å². The maximum Gasteiger partial charge on any atom is 0.291 e. The number of rotatable bonds is 8. The summed E-state index contributed by atoms with van der Waals surface area (Å²) in [5, 5.41) is 9.83. The first-order chi connectivity index (χ1) is 23.7. The van der Waals surface area contributed by atoms with Gasteiger partial charge in [-0.05, 0) is 86.6 Å². The van der Waals surface area contributed by atoms with Crippen molar-refractivity contribution in [2.24, 2.45) is 25.4 Å². The monoisotopic (exact) mass is 680 g/mol. The van der Waals surface area contributed by atoms with Gasteiger partial charge >= 0.3 is 0 Å². The zero-order chi connectivity index (χ0) is 33.9. The summed E-state index contributed by atoms with van der Waals surface area (Å²) in [6.45, 7) is 6.42. The molecule has 4 aromatic rings. The molecule has 11 heteroatoms. The van der Waals surface area contributed by atoms with Crippen LogP contribution >= 0.6 is 11.6 Å². The van der Waals surface area contributed by atoms with Crippen LogP contribution < -0.4 is 16.0 Å². The van der Waals surface area contributed by atoms with Crippen LogP contribution in [0.3, 0.4) is 0 Å². The number of halogens is 1. The van der Waals surface area contributed by atoms with Crippen LogP contribution in [0.2, 0.25) is 5.02 Å². The van der Waals surface area contributed by atoms with Crippen LogP contribution in [0.5, 0.6) is 0 Å². The first kappa shape index (κ1) is 32.2.